The average Bonchev–Trinajstić information content (AvgIpc) is 3.12. The van der Waals surface area contributed by atoms with Crippen molar-refractivity contribution >= 4 is 23.2 Å². The van der Waals surface area contributed by atoms with E-state index in [0.29, 0.717) is 31.6 Å². The van der Waals surface area contributed by atoms with E-state index in [1.165, 1.54) is 16.2 Å². The minimum Gasteiger partial charge on any atom is -0.354 e. The number of likely N-dealkylation sites (tertiary alicyclic amines) is 1. The highest BCUT2D eigenvalue weighted by molar-refractivity contribution is 7.08. The molecule has 1 atom stereocenters. The van der Waals surface area contributed by atoms with Crippen LogP contribution in [0.5, 0.6) is 0 Å². The van der Waals surface area contributed by atoms with Gasteiger partial charge in [-0.15, -0.1) is 0 Å². The molecule has 2 amide bonds. The lowest BCUT2D eigenvalue weighted by Crippen LogP contribution is -2.39. The zero-order valence-electron chi connectivity index (χ0n) is 12.4. The maximum absolute atomic E-state index is 12.3. The molecule has 5 nitrogen and oxygen atoms in total. The Morgan fingerprint density at radius 2 is 2.13 bits per heavy atom. The van der Waals surface area contributed by atoms with E-state index in [9.17, 15) is 22.8 Å². The number of hydrogen-bond acceptors (Lipinski definition) is 4. The van der Waals surface area contributed by atoms with Crippen molar-refractivity contribution in [2.45, 2.75) is 12.6 Å². The second-order valence-electron chi connectivity index (χ2n) is 5.50. The first kappa shape index (κ1) is 17.7. The topological polar surface area (TPSA) is 61.4 Å². The molecule has 9 heteroatoms. The van der Waals surface area contributed by atoms with Crippen LogP contribution in [0.3, 0.4) is 0 Å². The van der Waals surface area contributed by atoms with Gasteiger partial charge in [-0.2, -0.15) is 24.5 Å². The molecule has 1 saturated heterocycles. The molecule has 0 spiro atoms. The van der Waals surface area contributed by atoms with Gasteiger partial charge in [0.2, 0.25) is 5.91 Å². The molecule has 1 aromatic heterocycles. The Morgan fingerprint density at radius 1 is 1.35 bits per heavy atom. The Labute approximate surface area is 135 Å². The van der Waals surface area contributed by atoms with Crippen LogP contribution >= 0.6 is 11.3 Å². The van der Waals surface area contributed by atoms with Gasteiger partial charge in [-0.3, -0.25) is 14.5 Å². The van der Waals surface area contributed by atoms with Gasteiger partial charge in [-0.1, -0.05) is 0 Å². The van der Waals surface area contributed by atoms with E-state index in [1.54, 1.807) is 16.8 Å². The summed E-state index contributed by atoms with van der Waals surface area (Å²) in [4.78, 5) is 24.7. The number of alkyl halides is 3. The molecular formula is C14H18F3N3O2S. The molecule has 0 aliphatic carbocycles. The number of thiophene rings is 1. The third-order valence-electron chi connectivity index (χ3n) is 3.55. The quantitative estimate of drug-likeness (QED) is 0.818. The molecule has 0 aromatic carbocycles. The van der Waals surface area contributed by atoms with Crippen molar-refractivity contribution < 1.29 is 22.8 Å². The van der Waals surface area contributed by atoms with E-state index in [4.69, 9.17) is 0 Å². The Balaban J connectivity index is 1.62. The molecule has 1 fully saturated rings. The fourth-order valence-corrected chi connectivity index (χ4v) is 3.09. The summed E-state index contributed by atoms with van der Waals surface area (Å²) in [6, 6.07) is 1.66. The van der Waals surface area contributed by atoms with Crippen LogP contribution in [0.15, 0.2) is 16.8 Å². The van der Waals surface area contributed by atoms with Crippen LogP contribution in [-0.2, 0) is 4.79 Å². The molecule has 2 N–H and O–H groups in total. The minimum absolute atomic E-state index is 0.00822. The van der Waals surface area contributed by atoms with Crippen molar-refractivity contribution in [3.8, 4) is 0 Å². The number of nitrogens with zero attached hydrogens (tertiary/aromatic N) is 1. The van der Waals surface area contributed by atoms with E-state index in [2.05, 4.69) is 10.6 Å². The number of hydrogen-bond donors (Lipinski definition) is 2. The summed E-state index contributed by atoms with van der Waals surface area (Å²) in [5.41, 5.74) is 0.501. The highest BCUT2D eigenvalue weighted by Gasteiger charge is 2.34. The van der Waals surface area contributed by atoms with Gasteiger partial charge in [-0.25, -0.2) is 0 Å². The monoisotopic (exact) mass is 349 g/mol. The molecule has 1 aliphatic rings. The average molecular weight is 349 g/mol. The second kappa shape index (κ2) is 7.78. The van der Waals surface area contributed by atoms with Crippen LogP contribution in [0.4, 0.5) is 13.2 Å². The van der Waals surface area contributed by atoms with Crippen LogP contribution in [0, 0.1) is 5.92 Å². The highest BCUT2D eigenvalue weighted by atomic mass is 32.1. The smallest absolute Gasteiger partial charge is 0.354 e. The van der Waals surface area contributed by atoms with Crippen molar-refractivity contribution in [1.82, 2.24) is 15.5 Å². The molecule has 0 unspecified atom stereocenters. The largest absolute Gasteiger partial charge is 0.401 e. The SMILES string of the molecule is O=C(CNC(=O)c1ccsc1)NC[C@H]1CCN(CC(F)(F)F)C1. The summed E-state index contributed by atoms with van der Waals surface area (Å²) in [6.07, 6.45) is -3.57. The normalized spacial score (nSPS) is 18.8. The molecule has 23 heavy (non-hydrogen) atoms. The summed E-state index contributed by atoms with van der Waals surface area (Å²) in [7, 11) is 0. The predicted molar refractivity (Wildman–Crippen MR) is 80.3 cm³/mol. The van der Waals surface area contributed by atoms with Gasteiger partial charge in [0, 0.05) is 24.0 Å². The number of rotatable bonds is 6. The zero-order valence-corrected chi connectivity index (χ0v) is 13.2. The van der Waals surface area contributed by atoms with Crippen LogP contribution in [0.1, 0.15) is 16.8 Å². The number of carbonyl (C=O) groups excluding carboxylic acids is 2. The van der Waals surface area contributed by atoms with Gasteiger partial charge in [0.1, 0.15) is 0 Å². The van der Waals surface area contributed by atoms with Gasteiger partial charge in [0.15, 0.2) is 0 Å². The van der Waals surface area contributed by atoms with E-state index < -0.39 is 12.7 Å². The fourth-order valence-electron chi connectivity index (χ4n) is 2.45. The van der Waals surface area contributed by atoms with E-state index >= 15 is 0 Å². The maximum Gasteiger partial charge on any atom is 0.401 e. The first-order valence-electron chi connectivity index (χ1n) is 7.19. The molecule has 1 aliphatic heterocycles. The van der Waals surface area contributed by atoms with Gasteiger partial charge >= 0.3 is 6.18 Å². The Kier molecular flexibility index (Phi) is 6.00. The first-order chi connectivity index (χ1) is 10.8. The summed E-state index contributed by atoms with van der Waals surface area (Å²) in [5, 5.41) is 8.59. The summed E-state index contributed by atoms with van der Waals surface area (Å²) < 4.78 is 36.9. The molecule has 2 rings (SSSR count). The second-order valence-corrected chi connectivity index (χ2v) is 6.28. The Hall–Kier alpha value is -1.61. The lowest BCUT2D eigenvalue weighted by atomic mass is 10.1. The van der Waals surface area contributed by atoms with Crippen molar-refractivity contribution in [2.75, 3.05) is 32.7 Å². The molecule has 1 aromatic rings. The van der Waals surface area contributed by atoms with E-state index in [1.807, 2.05) is 0 Å². The highest BCUT2D eigenvalue weighted by Crippen LogP contribution is 2.22. The van der Waals surface area contributed by atoms with Crippen molar-refractivity contribution in [3.05, 3.63) is 22.4 Å². The number of nitrogens with one attached hydrogen (secondary N) is 2. The third-order valence-corrected chi connectivity index (χ3v) is 4.24. The maximum atomic E-state index is 12.3. The molecular weight excluding hydrogens is 331 g/mol. The number of amides is 2. The fraction of sp³-hybridized carbons (Fsp3) is 0.571. The van der Waals surface area contributed by atoms with Gasteiger partial charge in [-0.05, 0) is 30.3 Å². The van der Waals surface area contributed by atoms with Crippen LogP contribution in [0.2, 0.25) is 0 Å². The molecule has 128 valence electrons. The predicted octanol–water partition coefficient (Wildman–Crippen LogP) is 1.48. The van der Waals surface area contributed by atoms with Crippen LogP contribution in [0.25, 0.3) is 0 Å². The standard InChI is InChI=1S/C14H18F3N3O2S/c15-14(16,17)9-20-3-1-10(7-20)5-18-12(21)6-19-13(22)11-2-4-23-8-11/h2,4,8,10H,1,3,5-7,9H2,(H,18,21)(H,19,22)/t10-/m1/s1. The van der Waals surface area contributed by atoms with Gasteiger partial charge in [0.25, 0.3) is 5.91 Å². The minimum atomic E-state index is -4.19. The molecule has 0 radical (unpaired) electrons. The summed E-state index contributed by atoms with van der Waals surface area (Å²) in [5.74, 6) is -0.657. The lowest BCUT2D eigenvalue weighted by Gasteiger charge is -2.18. The number of carbonyl (C=O) groups is 2. The number of halogens is 3. The molecule has 0 saturated carbocycles. The third kappa shape index (κ3) is 6.19. The molecule has 0 bridgehead atoms. The Morgan fingerprint density at radius 3 is 2.78 bits per heavy atom. The van der Waals surface area contributed by atoms with Crippen molar-refractivity contribution in [2.24, 2.45) is 5.92 Å². The lowest BCUT2D eigenvalue weighted by molar-refractivity contribution is -0.143. The van der Waals surface area contributed by atoms with Crippen LogP contribution in [-0.4, -0.2) is 55.6 Å². The first-order valence-corrected chi connectivity index (χ1v) is 8.14. The Bertz CT molecular complexity index is 534. The summed E-state index contributed by atoms with van der Waals surface area (Å²) >= 11 is 1.39. The van der Waals surface area contributed by atoms with E-state index in [0.717, 1.165) is 0 Å². The zero-order chi connectivity index (χ0) is 16.9. The van der Waals surface area contributed by atoms with Crippen molar-refractivity contribution in [3.63, 3.8) is 0 Å². The van der Waals surface area contributed by atoms with Crippen LogP contribution < -0.4 is 10.6 Å². The van der Waals surface area contributed by atoms with Crippen molar-refractivity contribution in [1.29, 1.82) is 0 Å². The van der Waals surface area contributed by atoms with Gasteiger partial charge in [0.05, 0.1) is 13.1 Å². The molecule has 2 heterocycles. The summed E-state index contributed by atoms with van der Waals surface area (Å²) in [6.45, 7) is -0.0285. The van der Waals surface area contributed by atoms with Gasteiger partial charge < -0.3 is 10.6 Å². The van der Waals surface area contributed by atoms with E-state index in [-0.39, 0.29) is 24.3 Å².